The summed E-state index contributed by atoms with van der Waals surface area (Å²) in [6.45, 7) is 0.159. The van der Waals surface area contributed by atoms with Crippen LogP contribution in [0, 0.1) is 0 Å². The van der Waals surface area contributed by atoms with Gasteiger partial charge in [0, 0.05) is 19.7 Å². The van der Waals surface area contributed by atoms with Crippen LogP contribution in [0.5, 0.6) is 0 Å². The van der Waals surface area contributed by atoms with Gasteiger partial charge in [0.25, 0.3) is 0 Å². The van der Waals surface area contributed by atoms with E-state index in [1.165, 1.54) is 0 Å². The lowest BCUT2D eigenvalue weighted by Crippen LogP contribution is -2.27. The molecule has 0 aromatic carbocycles. The molecule has 1 aromatic heterocycles. The van der Waals surface area contributed by atoms with Gasteiger partial charge in [-0.2, -0.15) is 5.10 Å². The maximum atomic E-state index is 11.5. The third kappa shape index (κ3) is 4.96. The molecule has 0 amide bonds. The van der Waals surface area contributed by atoms with Crippen molar-refractivity contribution in [3.05, 3.63) is 18.0 Å². The Morgan fingerprint density at radius 3 is 2.82 bits per heavy atom. The third-order valence-electron chi connectivity index (χ3n) is 2.20. The van der Waals surface area contributed by atoms with Gasteiger partial charge in [0.15, 0.2) is 0 Å². The van der Waals surface area contributed by atoms with Crippen LogP contribution in [-0.4, -0.2) is 35.0 Å². The van der Waals surface area contributed by atoms with E-state index in [1.54, 1.807) is 24.0 Å². The lowest BCUT2D eigenvalue weighted by molar-refractivity contribution is -0.137. The zero-order valence-electron chi connectivity index (χ0n) is 9.46. The number of aryl methyl sites for hydroxylation is 1. The van der Waals surface area contributed by atoms with Crippen LogP contribution < -0.4 is 4.72 Å². The molecular formula is C9H15N3O4S. The smallest absolute Gasteiger partial charge is 0.303 e. The first-order valence-corrected chi connectivity index (χ1v) is 6.72. The molecule has 8 heteroatoms. The highest BCUT2D eigenvalue weighted by molar-refractivity contribution is 7.89. The molecule has 0 atom stereocenters. The molecule has 0 bridgehead atoms. The summed E-state index contributed by atoms with van der Waals surface area (Å²) in [7, 11) is -1.71. The van der Waals surface area contributed by atoms with Crippen LogP contribution in [0.15, 0.2) is 12.3 Å². The first kappa shape index (κ1) is 13.7. The standard InChI is InChI=1S/C9H15N3O4S/c1-12-8(4-5-10-12)7-11-17(15,16)6-2-3-9(13)14/h4-5,11H,2-3,6-7H2,1H3,(H,13,14). The molecule has 0 aliphatic rings. The fourth-order valence-electron chi connectivity index (χ4n) is 1.24. The number of nitrogens with one attached hydrogen (secondary N) is 1. The van der Waals surface area contributed by atoms with E-state index in [-0.39, 0.29) is 25.1 Å². The second kappa shape index (κ2) is 5.78. The van der Waals surface area contributed by atoms with Gasteiger partial charge in [0.2, 0.25) is 10.0 Å². The summed E-state index contributed by atoms with van der Waals surface area (Å²) in [6.07, 6.45) is 1.54. The molecule has 7 nitrogen and oxygen atoms in total. The Kier molecular flexibility index (Phi) is 4.64. The van der Waals surface area contributed by atoms with Crippen LogP contribution >= 0.6 is 0 Å². The van der Waals surface area contributed by atoms with Gasteiger partial charge in [-0.3, -0.25) is 9.48 Å². The predicted octanol–water partition coefficient (Wildman–Crippen LogP) is -0.296. The Morgan fingerprint density at radius 2 is 2.29 bits per heavy atom. The van der Waals surface area contributed by atoms with Crippen LogP contribution in [0.4, 0.5) is 0 Å². The van der Waals surface area contributed by atoms with Gasteiger partial charge in [-0.05, 0) is 12.5 Å². The summed E-state index contributed by atoms with van der Waals surface area (Å²) in [5, 5.41) is 12.3. The Labute approximate surface area is 99.5 Å². The fraction of sp³-hybridized carbons (Fsp3) is 0.556. The number of rotatable bonds is 7. The Balaban J connectivity index is 2.40. The van der Waals surface area contributed by atoms with E-state index in [4.69, 9.17) is 5.11 Å². The normalized spacial score (nSPS) is 11.6. The van der Waals surface area contributed by atoms with Crippen LogP contribution in [0.3, 0.4) is 0 Å². The lowest BCUT2D eigenvalue weighted by atomic mass is 10.3. The van der Waals surface area contributed by atoms with Crippen molar-refractivity contribution in [3.8, 4) is 0 Å². The molecule has 0 saturated heterocycles. The number of hydrogen-bond donors (Lipinski definition) is 2. The molecule has 2 N–H and O–H groups in total. The van der Waals surface area contributed by atoms with Gasteiger partial charge in [-0.25, -0.2) is 13.1 Å². The molecule has 96 valence electrons. The minimum Gasteiger partial charge on any atom is -0.481 e. The second-order valence-corrected chi connectivity index (χ2v) is 5.51. The lowest BCUT2D eigenvalue weighted by Gasteiger charge is -2.06. The van der Waals surface area contributed by atoms with Crippen molar-refractivity contribution in [2.75, 3.05) is 5.75 Å². The van der Waals surface area contributed by atoms with Crippen molar-refractivity contribution in [3.63, 3.8) is 0 Å². The molecule has 0 fully saturated rings. The SMILES string of the molecule is Cn1nccc1CNS(=O)(=O)CCCC(=O)O. The van der Waals surface area contributed by atoms with Gasteiger partial charge in [0.1, 0.15) is 0 Å². The predicted molar refractivity (Wildman–Crippen MR) is 60.7 cm³/mol. The zero-order chi connectivity index (χ0) is 12.9. The highest BCUT2D eigenvalue weighted by Gasteiger charge is 2.11. The van der Waals surface area contributed by atoms with Gasteiger partial charge in [-0.1, -0.05) is 0 Å². The number of aliphatic carboxylic acids is 1. The van der Waals surface area contributed by atoms with Gasteiger partial charge >= 0.3 is 5.97 Å². The average molecular weight is 261 g/mol. The average Bonchev–Trinajstić information content (AvgIpc) is 2.60. The number of carboxylic acid groups (broad SMARTS) is 1. The van der Waals surface area contributed by atoms with Crippen LogP contribution in [0.1, 0.15) is 18.5 Å². The summed E-state index contributed by atoms with van der Waals surface area (Å²) in [5.41, 5.74) is 0.742. The molecule has 0 radical (unpaired) electrons. The van der Waals surface area contributed by atoms with Gasteiger partial charge < -0.3 is 5.11 Å². The Hall–Kier alpha value is -1.41. The zero-order valence-corrected chi connectivity index (χ0v) is 10.3. The summed E-state index contributed by atoms with van der Waals surface area (Å²) < 4.78 is 26.9. The van der Waals surface area contributed by atoms with Crippen molar-refractivity contribution in [1.82, 2.24) is 14.5 Å². The molecule has 0 aliphatic heterocycles. The summed E-state index contributed by atoms with van der Waals surface area (Å²) in [5.74, 6) is -1.18. The van der Waals surface area contributed by atoms with E-state index in [1.807, 2.05) is 0 Å². The highest BCUT2D eigenvalue weighted by Crippen LogP contribution is 1.99. The van der Waals surface area contributed by atoms with Crippen molar-refractivity contribution in [2.45, 2.75) is 19.4 Å². The highest BCUT2D eigenvalue weighted by atomic mass is 32.2. The Bertz CT molecular complexity index is 480. The van der Waals surface area contributed by atoms with E-state index in [0.717, 1.165) is 5.69 Å². The topological polar surface area (TPSA) is 101 Å². The van der Waals surface area contributed by atoms with Crippen molar-refractivity contribution in [1.29, 1.82) is 0 Å². The minimum absolute atomic E-state index is 0.107. The monoisotopic (exact) mass is 261 g/mol. The number of aromatic nitrogens is 2. The van der Waals surface area contributed by atoms with E-state index < -0.39 is 16.0 Å². The van der Waals surface area contributed by atoms with Crippen molar-refractivity contribution >= 4 is 16.0 Å². The fourth-order valence-corrected chi connectivity index (χ4v) is 2.28. The number of carbonyl (C=O) groups is 1. The molecule has 17 heavy (non-hydrogen) atoms. The van der Waals surface area contributed by atoms with Crippen LogP contribution in [0.25, 0.3) is 0 Å². The van der Waals surface area contributed by atoms with Crippen molar-refractivity contribution in [2.24, 2.45) is 7.05 Å². The van der Waals surface area contributed by atoms with Gasteiger partial charge in [-0.15, -0.1) is 0 Å². The quantitative estimate of drug-likeness (QED) is 0.702. The van der Waals surface area contributed by atoms with E-state index in [2.05, 4.69) is 9.82 Å². The summed E-state index contributed by atoms with van der Waals surface area (Å²) in [4.78, 5) is 10.2. The Morgan fingerprint density at radius 1 is 1.59 bits per heavy atom. The number of hydrogen-bond acceptors (Lipinski definition) is 4. The molecule has 0 spiro atoms. The van der Waals surface area contributed by atoms with E-state index >= 15 is 0 Å². The first-order chi connectivity index (χ1) is 7.91. The van der Waals surface area contributed by atoms with Crippen LogP contribution in [-0.2, 0) is 28.4 Å². The number of nitrogens with zero attached hydrogens (tertiary/aromatic N) is 2. The molecule has 0 aliphatic carbocycles. The molecule has 0 saturated carbocycles. The first-order valence-electron chi connectivity index (χ1n) is 5.07. The van der Waals surface area contributed by atoms with Crippen molar-refractivity contribution < 1.29 is 18.3 Å². The maximum Gasteiger partial charge on any atom is 0.303 e. The summed E-state index contributed by atoms with van der Waals surface area (Å²) in [6, 6.07) is 1.71. The summed E-state index contributed by atoms with van der Waals surface area (Å²) >= 11 is 0. The van der Waals surface area contributed by atoms with Crippen LogP contribution in [0.2, 0.25) is 0 Å². The number of carboxylic acids is 1. The minimum atomic E-state index is -3.42. The maximum absolute atomic E-state index is 11.5. The number of sulfonamides is 1. The molecule has 1 aromatic rings. The largest absolute Gasteiger partial charge is 0.481 e. The third-order valence-corrected chi connectivity index (χ3v) is 3.61. The molecule has 1 rings (SSSR count). The second-order valence-electron chi connectivity index (χ2n) is 3.58. The molecular weight excluding hydrogens is 246 g/mol. The molecule has 0 unspecified atom stereocenters. The molecule has 1 heterocycles. The van der Waals surface area contributed by atoms with E-state index in [9.17, 15) is 13.2 Å². The van der Waals surface area contributed by atoms with E-state index in [0.29, 0.717) is 0 Å². The van der Waals surface area contributed by atoms with Gasteiger partial charge in [0.05, 0.1) is 18.0 Å².